The molecule has 11 heteroatoms. The summed E-state index contributed by atoms with van der Waals surface area (Å²) in [5, 5.41) is 9.78. The molecule has 0 saturated carbocycles. The van der Waals surface area contributed by atoms with Crippen molar-refractivity contribution >= 4 is 19.8 Å². The van der Waals surface area contributed by atoms with Gasteiger partial charge in [0.15, 0.2) is 6.10 Å². The van der Waals surface area contributed by atoms with Crippen LogP contribution in [0.15, 0.2) is 97.2 Å². The molecular formula is C48H80NO9P. The number of rotatable bonds is 38. The quantitative estimate of drug-likeness (QED) is 0.0161. The van der Waals surface area contributed by atoms with Crippen molar-refractivity contribution in [2.24, 2.45) is 0 Å². The highest BCUT2D eigenvalue weighted by atomic mass is 31.2. The maximum Gasteiger partial charge on any atom is 0.306 e. The van der Waals surface area contributed by atoms with Crippen molar-refractivity contribution < 1.29 is 47.2 Å². The van der Waals surface area contributed by atoms with Crippen LogP contribution in [0.3, 0.4) is 0 Å². The van der Waals surface area contributed by atoms with Crippen LogP contribution >= 0.6 is 7.82 Å². The summed E-state index contributed by atoms with van der Waals surface area (Å²) in [5.74, 6) is -0.963. The van der Waals surface area contributed by atoms with Crippen LogP contribution in [0.2, 0.25) is 0 Å². The van der Waals surface area contributed by atoms with Crippen molar-refractivity contribution in [1.29, 1.82) is 0 Å². The van der Waals surface area contributed by atoms with Crippen molar-refractivity contribution in [2.45, 2.75) is 148 Å². The molecule has 0 aliphatic carbocycles. The van der Waals surface area contributed by atoms with Gasteiger partial charge in [0.25, 0.3) is 7.82 Å². The molecule has 0 rings (SSSR count). The Labute approximate surface area is 358 Å². The van der Waals surface area contributed by atoms with E-state index < -0.39 is 38.6 Å². The van der Waals surface area contributed by atoms with Crippen LogP contribution in [0, 0.1) is 0 Å². The topological polar surface area (TPSA) is 131 Å². The van der Waals surface area contributed by atoms with Gasteiger partial charge < -0.3 is 33.0 Å². The standard InChI is InChI=1S/C48H80NO9P/c1-6-8-10-11-12-13-14-15-16-17-18-19-23-26-29-32-35-39-47(51)55-43-46(44-57-59(53,54)56-42-41-49(3,4)5)58-48(52)40-36-33-30-27-24-21-20-22-25-28-31-34-38-45(50)37-9-7-2/h9,12-13,15-16,18-21,25,27-28,30-31,34,37,45-46,50H,6-8,10-11,14,17,22-24,26,29,32-33,35-36,38-44H2,1-5H3/b13-12-,16-15-,19-18-,21-20-,28-25-,30-27-,34-31+,37-9-/t45?,46-/m1/s1. The number of nitrogens with zero attached hydrogens (tertiary/aromatic N) is 1. The number of likely N-dealkylation sites (N-methyl/N-ethyl adjacent to an activating group) is 1. The number of phosphoric ester groups is 1. The first-order chi connectivity index (χ1) is 28.4. The fraction of sp³-hybridized carbons (Fsp3) is 0.625. The van der Waals surface area contributed by atoms with E-state index in [1.807, 2.05) is 76.7 Å². The molecule has 0 aliphatic rings. The Morgan fingerprint density at radius 2 is 1.19 bits per heavy atom. The highest BCUT2D eigenvalue weighted by Crippen LogP contribution is 2.38. The largest absolute Gasteiger partial charge is 0.756 e. The van der Waals surface area contributed by atoms with Crippen LogP contribution in [-0.2, 0) is 32.7 Å². The molecule has 0 aromatic rings. The number of carbonyl (C=O) groups excluding carboxylic acids is 2. The van der Waals surface area contributed by atoms with Crippen LogP contribution in [0.1, 0.15) is 136 Å². The summed E-state index contributed by atoms with van der Waals surface area (Å²) < 4.78 is 33.8. The molecule has 0 spiro atoms. The van der Waals surface area contributed by atoms with Gasteiger partial charge in [0.05, 0.1) is 33.9 Å². The molecular weight excluding hydrogens is 766 g/mol. The van der Waals surface area contributed by atoms with Gasteiger partial charge in [-0.05, 0) is 83.5 Å². The lowest BCUT2D eigenvalue weighted by Crippen LogP contribution is -2.37. The van der Waals surface area contributed by atoms with Crippen LogP contribution < -0.4 is 4.89 Å². The van der Waals surface area contributed by atoms with Crippen molar-refractivity contribution in [2.75, 3.05) is 47.5 Å². The number of allylic oxidation sites excluding steroid dienone is 14. The smallest absolute Gasteiger partial charge is 0.306 e. The third-order valence-electron chi connectivity index (χ3n) is 8.66. The van der Waals surface area contributed by atoms with E-state index in [0.717, 1.165) is 57.8 Å². The molecule has 0 radical (unpaired) electrons. The lowest BCUT2D eigenvalue weighted by Gasteiger charge is -2.28. The molecule has 1 N–H and O–H groups in total. The maximum atomic E-state index is 12.7. The first-order valence-electron chi connectivity index (χ1n) is 22.1. The van der Waals surface area contributed by atoms with Gasteiger partial charge in [0.1, 0.15) is 19.8 Å². The summed E-state index contributed by atoms with van der Waals surface area (Å²) in [7, 11) is 1.07. The molecule has 0 aliphatic heterocycles. The Morgan fingerprint density at radius 1 is 0.644 bits per heavy atom. The predicted octanol–water partition coefficient (Wildman–Crippen LogP) is 10.9. The van der Waals surface area contributed by atoms with Gasteiger partial charge in [-0.15, -0.1) is 0 Å². The molecule has 2 unspecified atom stereocenters. The fourth-order valence-corrected chi connectivity index (χ4v) is 5.91. The van der Waals surface area contributed by atoms with E-state index >= 15 is 0 Å². The highest BCUT2D eigenvalue weighted by Gasteiger charge is 2.21. The minimum atomic E-state index is -4.66. The molecule has 0 saturated heterocycles. The van der Waals surface area contributed by atoms with E-state index in [1.54, 1.807) is 0 Å². The van der Waals surface area contributed by atoms with Gasteiger partial charge in [-0.25, -0.2) is 0 Å². The number of quaternary nitrogens is 1. The Bertz CT molecular complexity index is 1340. The van der Waals surface area contributed by atoms with E-state index in [4.69, 9.17) is 18.5 Å². The monoisotopic (exact) mass is 846 g/mol. The number of phosphoric acid groups is 1. The second-order valence-electron chi connectivity index (χ2n) is 15.5. The molecule has 336 valence electrons. The third kappa shape index (κ3) is 42.8. The zero-order valence-corrected chi connectivity index (χ0v) is 38.2. The summed E-state index contributed by atoms with van der Waals surface area (Å²) in [6, 6.07) is 0. The average molecular weight is 846 g/mol. The van der Waals surface area contributed by atoms with Gasteiger partial charge in [-0.2, -0.15) is 0 Å². The molecule has 0 fully saturated rings. The lowest BCUT2D eigenvalue weighted by atomic mass is 10.1. The minimum absolute atomic E-state index is 0.0588. The van der Waals surface area contributed by atoms with Gasteiger partial charge in [-0.1, -0.05) is 137 Å². The summed E-state index contributed by atoms with van der Waals surface area (Å²) in [5.41, 5.74) is 0. The van der Waals surface area contributed by atoms with Crippen LogP contribution in [0.5, 0.6) is 0 Å². The summed E-state index contributed by atoms with van der Waals surface area (Å²) in [4.78, 5) is 37.5. The first-order valence-corrected chi connectivity index (χ1v) is 23.5. The Morgan fingerprint density at radius 3 is 1.80 bits per heavy atom. The maximum absolute atomic E-state index is 12.7. The second kappa shape index (κ2) is 39.1. The predicted molar refractivity (Wildman–Crippen MR) is 241 cm³/mol. The van der Waals surface area contributed by atoms with Crippen LogP contribution in [-0.4, -0.2) is 81.2 Å². The second-order valence-corrected chi connectivity index (χ2v) is 16.9. The number of carbonyl (C=O) groups is 2. The minimum Gasteiger partial charge on any atom is -0.756 e. The highest BCUT2D eigenvalue weighted by molar-refractivity contribution is 7.45. The summed E-state index contributed by atoms with van der Waals surface area (Å²) in [6.07, 6.45) is 47.8. The zero-order valence-electron chi connectivity index (χ0n) is 37.3. The molecule has 0 aromatic heterocycles. The number of aliphatic hydroxyl groups is 1. The van der Waals surface area contributed by atoms with E-state index in [2.05, 4.69) is 55.5 Å². The van der Waals surface area contributed by atoms with Gasteiger partial charge in [-0.3, -0.25) is 14.2 Å². The molecule has 0 amide bonds. The molecule has 10 nitrogen and oxygen atoms in total. The first kappa shape index (κ1) is 55.9. The van der Waals surface area contributed by atoms with E-state index in [-0.39, 0.29) is 26.1 Å². The third-order valence-corrected chi connectivity index (χ3v) is 9.63. The van der Waals surface area contributed by atoms with Crippen LogP contribution in [0.25, 0.3) is 0 Å². The van der Waals surface area contributed by atoms with Crippen molar-refractivity contribution in [3.8, 4) is 0 Å². The summed E-state index contributed by atoms with van der Waals surface area (Å²) >= 11 is 0. The van der Waals surface area contributed by atoms with E-state index in [0.29, 0.717) is 36.7 Å². The van der Waals surface area contributed by atoms with Crippen molar-refractivity contribution in [3.63, 3.8) is 0 Å². The van der Waals surface area contributed by atoms with E-state index in [9.17, 15) is 24.2 Å². The number of hydrogen-bond acceptors (Lipinski definition) is 9. The van der Waals surface area contributed by atoms with Crippen molar-refractivity contribution in [1.82, 2.24) is 0 Å². The molecule has 0 bridgehead atoms. The average Bonchev–Trinajstić information content (AvgIpc) is 3.18. The fourth-order valence-electron chi connectivity index (χ4n) is 5.19. The van der Waals surface area contributed by atoms with Gasteiger partial charge in [0, 0.05) is 12.8 Å². The number of ether oxygens (including phenoxy) is 2. The Kier molecular flexibility index (Phi) is 37.0. The number of hydrogen-bond donors (Lipinski definition) is 1. The van der Waals surface area contributed by atoms with Crippen LogP contribution in [0.4, 0.5) is 0 Å². The molecule has 0 aromatic carbocycles. The number of unbranched alkanes of at least 4 members (excludes halogenated alkanes) is 8. The van der Waals surface area contributed by atoms with Crippen molar-refractivity contribution in [3.05, 3.63) is 97.2 Å². The summed E-state index contributed by atoms with van der Waals surface area (Å²) in [6.45, 7) is 3.82. The zero-order chi connectivity index (χ0) is 43.7. The molecule has 0 heterocycles. The van der Waals surface area contributed by atoms with Gasteiger partial charge >= 0.3 is 11.9 Å². The lowest BCUT2D eigenvalue weighted by molar-refractivity contribution is -0.870. The van der Waals surface area contributed by atoms with Gasteiger partial charge in [0.2, 0.25) is 0 Å². The molecule has 59 heavy (non-hydrogen) atoms. The Balaban J connectivity index is 4.56. The molecule has 3 atom stereocenters. The number of esters is 2. The SMILES string of the molecule is CC/C=C\C(O)C/C=C/C=C\C/C=C\C/C=C\CCCC(=O)O[C@H](COC(=O)CCCCCC/C=C\C/C=C\C/C=C\CCCCC)COP(=O)([O-])OCC[N+](C)(C)C. The number of aliphatic hydroxyl groups excluding tert-OH is 1. The Hall–Kier alpha value is -3.11. The normalized spacial score (nSPS) is 15.0. The van der Waals surface area contributed by atoms with E-state index in [1.165, 1.54) is 25.7 Å².